The quantitative estimate of drug-likeness (QED) is 0.812. The molecule has 0 bridgehead atoms. The van der Waals surface area contributed by atoms with Crippen molar-refractivity contribution in [2.24, 2.45) is 0 Å². The zero-order chi connectivity index (χ0) is 14.2. The molecule has 102 valence electrons. The SMILES string of the molecule is CCC1(c2ccccc2)Cc2ccccc2C(=O)N1C. The molecule has 2 aromatic carbocycles. The van der Waals surface area contributed by atoms with Gasteiger partial charge in [0.05, 0.1) is 5.54 Å². The van der Waals surface area contributed by atoms with Crippen LogP contribution < -0.4 is 0 Å². The number of fused-ring (bicyclic) bond motifs is 1. The maximum absolute atomic E-state index is 12.7. The number of rotatable bonds is 2. The van der Waals surface area contributed by atoms with E-state index in [9.17, 15) is 4.79 Å². The van der Waals surface area contributed by atoms with Crippen molar-refractivity contribution < 1.29 is 4.79 Å². The smallest absolute Gasteiger partial charge is 0.254 e. The van der Waals surface area contributed by atoms with Gasteiger partial charge in [0.1, 0.15) is 0 Å². The minimum Gasteiger partial charge on any atom is -0.332 e. The summed E-state index contributed by atoms with van der Waals surface area (Å²) in [5, 5.41) is 0. The fourth-order valence-corrected chi connectivity index (χ4v) is 3.30. The van der Waals surface area contributed by atoms with Crippen LogP contribution in [-0.2, 0) is 12.0 Å². The molecule has 1 heterocycles. The van der Waals surface area contributed by atoms with Gasteiger partial charge in [-0.15, -0.1) is 0 Å². The number of likely N-dealkylation sites (N-methyl/N-ethyl adjacent to an activating group) is 1. The summed E-state index contributed by atoms with van der Waals surface area (Å²) in [4.78, 5) is 14.6. The van der Waals surface area contributed by atoms with Gasteiger partial charge in [0, 0.05) is 19.0 Å². The van der Waals surface area contributed by atoms with Crippen LogP contribution in [0.4, 0.5) is 0 Å². The zero-order valence-electron chi connectivity index (χ0n) is 12.0. The van der Waals surface area contributed by atoms with Gasteiger partial charge < -0.3 is 4.90 Å². The van der Waals surface area contributed by atoms with Gasteiger partial charge in [-0.2, -0.15) is 0 Å². The van der Waals surface area contributed by atoms with Gasteiger partial charge in [0.2, 0.25) is 0 Å². The van der Waals surface area contributed by atoms with E-state index in [0.717, 1.165) is 24.0 Å². The van der Waals surface area contributed by atoms with E-state index in [2.05, 4.69) is 25.1 Å². The summed E-state index contributed by atoms with van der Waals surface area (Å²) >= 11 is 0. The molecule has 0 spiro atoms. The number of nitrogens with zero attached hydrogens (tertiary/aromatic N) is 1. The molecule has 2 aromatic rings. The maximum atomic E-state index is 12.7. The molecule has 2 heteroatoms. The fraction of sp³-hybridized carbons (Fsp3) is 0.278. The molecular formula is C18H19NO. The van der Waals surface area contributed by atoms with E-state index < -0.39 is 0 Å². The van der Waals surface area contributed by atoms with Gasteiger partial charge in [0.25, 0.3) is 5.91 Å². The highest BCUT2D eigenvalue weighted by Crippen LogP contribution is 2.40. The lowest BCUT2D eigenvalue weighted by Gasteiger charge is -2.46. The second-order valence-electron chi connectivity index (χ2n) is 5.45. The summed E-state index contributed by atoms with van der Waals surface area (Å²) < 4.78 is 0. The third-order valence-corrected chi connectivity index (χ3v) is 4.57. The highest BCUT2D eigenvalue weighted by molar-refractivity contribution is 5.97. The molecule has 0 saturated carbocycles. The van der Waals surface area contributed by atoms with Crippen molar-refractivity contribution in [3.63, 3.8) is 0 Å². The molecule has 0 radical (unpaired) electrons. The zero-order valence-corrected chi connectivity index (χ0v) is 12.0. The van der Waals surface area contributed by atoms with E-state index in [1.165, 1.54) is 5.56 Å². The molecule has 1 aliphatic rings. The number of carbonyl (C=O) groups is 1. The normalized spacial score (nSPS) is 21.7. The van der Waals surface area contributed by atoms with Crippen LogP contribution in [0, 0.1) is 0 Å². The summed E-state index contributed by atoms with van der Waals surface area (Å²) in [6, 6.07) is 18.3. The molecule has 1 atom stereocenters. The Kier molecular flexibility index (Phi) is 3.09. The lowest BCUT2D eigenvalue weighted by Crippen LogP contribution is -2.51. The van der Waals surface area contributed by atoms with Gasteiger partial charge in [-0.25, -0.2) is 0 Å². The fourth-order valence-electron chi connectivity index (χ4n) is 3.30. The molecule has 0 N–H and O–H groups in total. The molecule has 1 aliphatic heterocycles. The van der Waals surface area contributed by atoms with Gasteiger partial charge in [0.15, 0.2) is 0 Å². The second-order valence-corrected chi connectivity index (χ2v) is 5.45. The Morgan fingerprint density at radius 1 is 1.05 bits per heavy atom. The first-order valence-electron chi connectivity index (χ1n) is 7.10. The van der Waals surface area contributed by atoms with Crippen molar-refractivity contribution in [2.75, 3.05) is 7.05 Å². The van der Waals surface area contributed by atoms with Crippen LogP contribution in [0.3, 0.4) is 0 Å². The standard InChI is InChI=1S/C18H19NO/c1-3-18(15-10-5-4-6-11-15)13-14-9-7-8-12-16(14)17(20)19(18)2/h4-12H,3,13H2,1-2H3. The Morgan fingerprint density at radius 2 is 1.70 bits per heavy atom. The summed E-state index contributed by atoms with van der Waals surface area (Å²) in [6.45, 7) is 2.16. The lowest BCUT2D eigenvalue weighted by atomic mass is 9.76. The molecule has 1 amide bonds. The molecule has 0 fully saturated rings. The molecule has 3 rings (SSSR count). The van der Waals surface area contributed by atoms with E-state index >= 15 is 0 Å². The van der Waals surface area contributed by atoms with Crippen LogP contribution in [-0.4, -0.2) is 17.9 Å². The topological polar surface area (TPSA) is 20.3 Å². The van der Waals surface area contributed by atoms with Crippen molar-refractivity contribution in [3.05, 3.63) is 71.3 Å². The van der Waals surface area contributed by atoms with Gasteiger partial charge in [-0.3, -0.25) is 4.79 Å². The monoisotopic (exact) mass is 265 g/mol. The maximum Gasteiger partial charge on any atom is 0.254 e. The Morgan fingerprint density at radius 3 is 2.40 bits per heavy atom. The Bertz CT molecular complexity index is 635. The molecule has 0 aliphatic carbocycles. The summed E-state index contributed by atoms with van der Waals surface area (Å²) in [5.74, 6) is 0.123. The first kappa shape index (κ1) is 12.9. The number of hydrogen-bond donors (Lipinski definition) is 0. The Labute approximate surface area is 120 Å². The number of carbonyl (C=O) groups excluding carboxylic acids is 1. The average Bonchev–Trinajstić information content (AvgIpc) is 2.52. The van der Waals surface area contributed by atoms with Crippen LogP contribution in [0.25, 0.3) is 0 Å². The molecule has 2 nitrogen and oxygen atoms in total. The number of benzene rings is 2. The molecule has 0 saturated heterocycles. The highest BCUT2D eigenvalue weighted by Gasteiger charge is 2.42. The van der Waals surface area contributed by atoms with Crippen molar-refractivity contribution >= 4 is 5.91 Å². The van der Waals surface area contributed by atoms with Crippen LogP contribution in [0.5, 0.6) is 0 Å². The van der Waals surface area contributed by atoms with Crippen molar-refractivity contribution in [1.29, 1.82) is 0 Å². The van der Waals surface area contributed by atoms with Crippen molar-refractivity contribution in [3.8, 4) is 0 Å². The predicted octanol–water partition coefficient (Wildman–Crippen LogP) is 3.62. The third kappa shape index (κ3) is 1.75. The lowest BCUT2D eigenvalue weighted by molar-refractivity contribution is 0.0489. The van der Waals surface area contributed by atoms with E-state index in [0.29, 0.717) is 0 Å². The third-order valence-electron chi connectivity index (χ3n) is 4.57. The minimum atomic E-state index is -0.229. The van der Waals surface area contributed by atoms with Crippen LogP contribution in [0.2, 0.25) is 0 Å². The summed E-state index contributed by atoms with van der Waals surface area (Å²) in [5.41, 5.74) is 2.98. The number of hydrogen-bond acceptors (Lipinski definition) is 1. The second kappa shape index (κ2) is 4.78. The van der Waals surface area contributed by atoms with E-state index in [-0.39, 0.29) is 11.4 Å². The molecule has 0 aromatic heterocycles. The summed E-state index contributed by atoms with van der Waals surface area (Å²) in [7, 11) is 1.93. The van der Waals surface area contributed by atoms with Gasteiger partial charge >= 0.3 is 0 Å². The van der Waals surface area contributed by atoms with Crippen molar-refractivity contribution in [1.82, 2.24) is 4.90 Å². The van der Waals surface area contributed by atoms with E-state index in [4.69, 9.17) is 0 Å². The molecule has 20 heavy (non-hydrogen) atoms. The first-order chi connectivity index (χ1) is 9.69. The predicted molar refractivity (Wildman–Crippen MR) is 80.7 cm³/mol. The van der Waals surface area contributed by atoms with E-state index in [1.54, 1.807) is 0 Å². The Balaban J connectivity index is 2.17. The number of amides is 1. The van der Waals surface area contributed by atoms with Crippen molar-refractivity contribution in [2.45, 2.75) is 25.3 Å². The van der Waals surface area contributed by atoms with Crippen LogP contribution in [0.15, 0.2) is 54.6 Å². The van der Waals surface area contributed by atoms with Crippen LogP contribution in [0.1, 0.15) is 34.8 Å². The van der Waals surface area contributed by atoms with E-state index in [1.807, 2.05) is 48.3 Å². The summed E-state index contributed by atoms with van der Waals surface area (Å²) in [6.07, 6.45) is 1.79. The van der Waals surface area contributed by atoms with Crippen LogP contribution >= 0.6 is 0 Å². The van der Waals surface area contributed by atoms with Gasteiger partial charge in [-0.1, -0.05) is 55.5 Å². The highest BCUT2D eigenvalue weighted by atomic mass is 16.2. The minimum absolute atomic E-state index is 0.123. The van der Waals surface area contributed by atoms with Gasteiger partial charge in [-0.05, 0) is 23.6 Å². The molecular weight excluding hydrogens is 246 g/mol. The molecule has 1 unspecified atom stereocenters. The largest absolute Gasteiger partial charge is 0.332 e. The Hall–Kier alpha value is -2.09. The average molecular weight is 265 g/mol. The first-order valence-corrected chi connectivity index (χ1v) is 7.10.